The molecule has 2 heteroatoms. The van der Waals surface area contributed by atoms with Crippen LogP contribution in [0.4, 0.5) is 0 Å². The van der Waals surface area contributed by atoms with Crippen LogP contribution in [0.3, 0.4) is 0 Å². The van der Waals surface area contributed by atoms with Gasteiger partial charge in [-0.05, 0) is 95.9 Å². The molecule has 0 atom stereocenters. The molecule has 0 aliphatic rings. The second kappa shape index (κ2) is 13.8. The lowest BCUT2D eigenvalue weighted by Gasteiger charge is -2.15. The van der Waals surface area contributed by atoms with Gasteiger partial charge in [-0.25, -0.2) is 0 Å². The summed E-state index contributed by atoms with van der Waals surface area (Å²) in [5.41, 5.74) is 8.78. The molecule has 0 aromatic carbocycles. The van der Waals surface area contributed by atoms with E-state index in [-0.39, 0.29) is 0 Å². The number of carboxylic acids is 1. The van der Waals surface area contributed by atoms with Crippen molar-refractivity contribution in [3.63, 3.8) is 0 Å². The zero-order valence-corrected chi connectivity index (χ0v) is 18.4. The minimum absolute atomic E-state index is 0.311. The molecule has 0 aromatic heterocycles. The highest BCUT2D eigenvalue weighted by Crippen LogP contribution is 2.27. The van der Waals surface area contributed by atoms with Gasteiger partial charge in [-0.1, -0.05) is 43.8 Å². The lowest BCUT2D eigenvalue weighted by molar-refractivity contribution is -0.137. The van der Waals surface area contributed by atoms with Crippen LogP contribution < -0.4 is 0 Å². The Morgan fingerprint density at radius 1 is 0.577 bits per heavy atom. The Labute approximate surface area is 162 Å². The molecule has 26 heavy (non-hydrogen) atoms. The zero-order valence-electron chi connectivity index (χ0n) is 18.4. The van der Waals surface area contributed by atoms with E-state index in [1.807, 2.05) is 0 Å². The predicted molar refractivity (Wildman–Crippen MR) is 115 cm³/mol. The molecule has 0 unspecified atom stereocenters. The van der Waals surface area contributed by atoms with Crippen LogP contribution in [0.15, 0.2) is 33.4 Å². The number of hydrogen-bond donors (Lipinski definition) is 1. The molecule has 0 amide bonds. The summed E-state index contributed by atoms with van der Waals surface area (Å²) in [5.74, 6) is -0.675. The maximum atomic E-state index is 10.5. The number of rotatable bonds is 13. The normalized spacial score (nSPS) is 14.6. The Bertz CT molecular complexity index is 532. The monoisotopic (exact) mass is 362 g/mol. The third kappa shape index (κ3) is 9.99. The molecule has 0 heterocycles. The van der Waals surface area contributed by atoms with Crippen molar-refractivity contribution in [2.45, 2.75) is 113 Å². The summed E-state index contributed by atoms with van der Waals surface area (Å²) in [4.78, 5) is 10.5. The van der Waals surface area contributed by atoms with Crippen molar-refractivity contribution in [3.8, 4) is 0 Å². The molecule has 0 aliphatic heterocycles. The largest absolute Gasteiger partial charge is 0.481 e. The molecule has 0 fully saturated rings. The summed E-state index contributed by atoms with van der Waals surface area (Å²) in [6, 6.07) is 0. The van der Waals surface area contributed by atoms with Gasteiger partial charge in [0.05, 0.1) is 0 Å². The minimum atomic E-state index is -0.675. The number of carboxylic acid groups (broad SMARTS) is 1. The second-order valence-electron chi connectivity index (χ2n) is 7.83. The number of carbonyl (C=O) groups is 1. The number of aliphatic carboxylic acids is 1. The molecule has 0 aliphatic carbocycles. The van der Waals surface area contributed by atoms with Crippen LogP contribution in [0.2, 0.25) is 0 Å². The van der Waals surface area contributed by atoms with Crippen LogP contribution in [-0.2, 0) is 4.79 Å². The van der Waals surface area contributed by atoms with Crippen LogP contribution in [0.5, 0.6) is 0 Å². The number of hydrogen-bond acceptors (Lipinski definition) is 1. The third-order valence-electron chi connectivity index (χ3n) is 5.82. The predicted octanol–water partition coefficient (Wildman–Crippen LogP) is 8.00. The van der Waals surface area contributed by atoms with Gasteiger partial charge in [0.1, 0.15) is 0 Å². The van der Waals surface area contributed by atoms with E-state index in [1.54, 1.807) is 0 Å². The molecule has 0 bridgehead atoms. The Kier molecular flexibility index (Phi) is 13.1. The van der Waals surface area contributed by atoms with Crippen LogP contribution in [0.1, 0.15) is 113 Å². The fourth-order valence-corrected chi connectivity index (χ4v) is 3.22. The lowest BCUT2D eigenvalue weighted by Crippen LogP contribution is -1.95. The van der Waals surface area contributed by atoms with E-state index in [9.17, 15) is 4.79 Å². The van der Waals surface area contributed by atoms with E-state index >= 15 is 0 Å². The van der Waals surface area contributed by atoms with Crippen molar-refractivity contribution in [2.75, 3.05) is 0 Å². The van der Waals surface area contributed by atoms with Gasteiger partial charge in [-0.3, -0.25) is 4.79 Å². The topological polar surface area (TPSA) is 37.3 Å². The first-order valence-electron chi connectivity index (χ1n) is 10.4. The summed E-state index contributed by atoms with van der Waals surface area (Å²) in [6.07, 6.45) is 10.6. The van der Waals surface area contributed by atoms with Crippen LogP contribution >= 0.6 is 0 Å². The minimum Gasteiger partial charge on any atom is -0.481 e. The van der Waals surface area contributed by atoms with Gasteiger partial charge in [0.25, 0.3) is 0 Å². The standard InChI is InChI=1S/C24H42O2/c1-8-9-15-18(2)20(4)22(6)23(7)21(5)19(3)16-13-11-10-12-14-17-24(25)26/h8-17H2,1-7H3,(H,25,26)/b20-18+,21-19-,23-22+. The fourth-order valence-electron chi connectivity index (χ4n) is 3.22. The van der Waals surface area contributed by atoms with E-state index in [0.29, 0.717) is 6.42 Å². The summed E-state index contributed by atoms with van der Waals surface area (Å²) in [5, 5.41) is 8.65. The molecule has 0 spiro atoms. The molecule has 0 saturated carbocycles. The first-order valence-corrected chi connectivity index (χ1v) is 10.4. The van der Waals surface area contributed by atoms with Gasteiger partial charge < -0.3 is 5.11 Å². The van der Waals surface area contributed by atoms with Gasteiger partial charge in [0.2, 0.25) is 0 Å². The lowest BCUT2D eigenvalue weighted by atomic mass is 9.91. The smallest absolute Gasteiger partial charge is 0.303 e. The highest BCUT2D eigenvalue weighted by molar-refractivity contribution is 5.66. The third-order valence-corrected chi connectivity index (χ3v) is 5.82. The van der Waals surface area contributed by atoms with Crippen molar-refractivity contribution in [2.24, 2.45) is 0 Å². The Morgan fingerprint density at radius 3 is 1.38 bits per heavy atom. The molecular weight excluding hydrogens is 320 g/mol. The van der Waals surface area contributed by atoms with Crippen LogP contribution in [0, 0.1) is 0 Å². The van der Waals surface area contributed by atoms with E-state index < -0.39 is 5.97 Å². The second-order valence-corrected chi connectivity index (χ2v) is 7.83. The number of unbranched alkanes of at least 4 members (excludes halogenated alkanes) is 5. The van der Waals surface area contributed by atoms with Crippen molar-refractivity contribution in [3.05, 3.63) is 33.4 Å². The molecule has 150 valence electrons. The zero-order chi connectivity index (χ0) is 20.1. The van der Waals surface area contributed by atoms with Gasteiger partial charge in [0.15, 0.2) is 0 Å². The van der Waals surface area contributed by atoms with Crippen LogP contribution in [-0.4, -0.2) is 11.1 Å². The highest BCUT2D eigenvalue weighted by Gasteiger charge is 2.07. The molecule has 0 radical (unpaired) electrons. The quantitative estimate of drug-likeness (QED) is 0.266. The molecule has 1 N–H and O–H groups in total. The van der Waals surface area contributed by atoms with E-state index in [4.69, 9.17) is 5.11 Å². The first kappa shape index (κ1) is 24.7. The van der Waals surface area contributed by atoms with Gasteiger partial charge in [0, 0.05) is 6.42 Å². The average molecular weight is 363 g/mol. The van der Waals surface area contributed by atoms with E-state index in [0.717, 1.165) is 25.7 Å². The van der Waals surface area contributed by atoms with Crippen LogP contribution in [0.25, 0.3) is 0 Å². The Hall–Kier alpha value is -1.31. The SMILES string of the molecule is CCCC/C(C)=C(C)/C(C)=C(C)/C(C)=C(/C)CCCCCCCC(=O)O. The number of allylic oxidation sites excluding steroid dienone is 6. The van der Waals surface area contributed by atoms with Crippen molar-refractivity contribution in [1.29, 1.82) is 0 Å². The molecule has 2 nitrogen and oxygen atoms in total. The summed E-state index contributed by atoms with van der Waals surface area (Å²) in [7, 11) is 0. The molecule has 0 aromatic rings. The van der Waals surface area contributed by atoms with Gasteiger partial charge in [-0.15, -0.1) is 0 Å². The van der Waals surface area contributed by atoms with E-state index in [1.165, 1.54) is 65.5 Å². The molecular formula is C24H42O2. The van der Waals surface area contributed by atoms with Crippen molar-refractivity contribution in [1.82, 2.24) is 0 Å². The summed E-state index contributed by atoms with van der Waals surface area (Å²) < 4.78 is 0. The van der Waals surface area contributed by atoms with Gasteiger partial charge in [-0.2, -0.15) is 0 Å². The van der Waals surface area contributed by atoms with E-state index in [2.05, 4.69) is 48.5 Å². The van der Waals surface area contributed by atoms with Crippen molar-refractivity contribution >= 4 is 5.97 Å². The van der Waals surface area contributed by atoms with Gasteiger partial charge >= 0.3 is 5.97 Å². The average Bonchev–Trinajstić information content (AvgIpc) is 2.62. The summed E-state index contributed by atoms with van der Waals surface area (Å²) >= 11 is 0. The first-order chi connectivity index (χ1) is 12.2. The molecule has 0 rings (SSSR count). The maximum absolute atomic E-state index is 10.5. The maximum Gasteiger partial charge on any atom is 0.303 e. The Balaban J connectivity index is 4.65. The Morgan fingerprint density at radius 2 is 0.962 bits per heavy atom. The fraction of sp³-hybridized carbons (Fsp3) is 0.708. The summed E-state index contributed by atoms with van der Waals surface area (Å²) in [6.45, 7) is 15.8. The van der Waals surface area contributed by atoms with Crippen molar-refractivity contribution < 1.29 is 9.90 Å². The highest BCUT2D eigenvalue weighted by atomic mass is 16.4. The molecule has 0 saturated heterocycles.